The van der Waals surface area contributed by atoms with E-state index in [1.54, 1.807) is 24.3 Å². The van der Waals surface area contributed by atoms with E-state index in [2.05, 4.69) is 14.7 Å². The van der Waals surface area contributed by atoms with Gasteiger partial charge in [0.1, 0.15) is 5.75 Å². The molecule has 0 bridgehead atoms. The summed E-state index contributed by atoms with van der Waals surface area (Å²) < 4.78 is 72.2. The molecule has 27 heavy (non-hydrogen) atoms. The van der Waals surface area contributed by atoms with E-state index in [-0.39, 0.29) is 22.0 Å². The Morgan fingerprint density at radius 2 is 1.81 bits per heavy atom. The first-order chi connectivity index (χ1) is 12.7. The Bertz CT molecular complexity index is 1040. The third-order valence-corrected chi connectivity index (χ3v) is 5.32. The van der Waals surface area contributed by atoms with E-state index in [0.717, 1.165) is 0 Å². The summed E-state index contributed by atoms with van der Waals surface area (Å²) in [5.41, 5.74) is 0.644. The highest BCUT2D eigenvalue weighted by Crippen LogP contribution is 2.30. The fraction of sp³-hybridized carbons (Fsp3) is 0.176. The third kappa shape index (κ3) is 4.27. The van der Waals surface area contributed by atoms with Crippen molar-refractivity contribution < 1.29 is 30.8 Å². The van der Waals surface area contributed by atoms with Crippen LogP contribution < -0.4 is 4.74 Å². The molecule has 1 aromatic heterocycles. The lowest BCUT2D eigenvalue weighted by Crippen LogP contribution is -2.06. The van der Waals surface area contributed by atoms with E-state index in [1.165, 1.54) is 31.4 Å². The molecule has 10 heteroatoms. The molecule has 0 radical (unpaired) electrons. The molecule has 0 fully saturated rings. The lowest BCUT2D eigenvalue weighted by Gasteiger charge is -2.07. The Labute approximate surface area is 152 Å². The quantitative estimate of drug-likeness (QED) is 0.651. The van der Waals surface area contributed by atoms with Crippen molar-refractivity contribution in [1.82, 2.24) is 10.1 Å². The van der Waals surface area contributed by atoms with E-state index < -0.39 is 21.9 Å². The van der Waals surface area contributed by atoms with E-state index in [0.29, 0.717) is 11.3 Å². The van der Waals surface area contributed by atoms with Gasteiger partial charge >= 0.3 is 12.1 Å². The third-order valence-electron chi connectivity index (χ3n) is 3.64. The minimum atomic E-state index is -4.77. The molecule has 0 N–H and O–H groups in total. The number of benzene rings is 2. The predicted octanol–water partition coefficient (Wildman–Crippen LogP) is 3.74. The average molecular weight is 398 g/mol. The number of hydrogen-bond acceptors (Lipinski definition) is 6. The molecule has 6 nitrogen and oxygen atoms in total. The Balaban J connectivity index is 1.88. The second-order valence-corrected chi connectivity index (χ2v) is 7.55. The summed E-state index contributed by atoms with van der Waals surface area (Å²) >= 11 is 0. The number of nitrogens with zero attached hydrogens (tertiary/aromatic N) is 2. The van der Waals surface area contributed by atoms with E-state index in [1.807, 2.05) is 0 Å². The molecule has 1 heterocycles. The van der Waals surface area contributed by atoms with Gasteiger partial charge in [0.2, 0.25) is 5.82 Å². The van der Waals surface area contributed by atoms with Crippen LogP contribution >= 0.6 is 0 Å². The van der Waals surface area contributed by atoms with Crippen LogP contribution in [0.5, 0.6) is 5.75 Å². The van der Waals surface area contributed by atoms with Gasteiger partial charge in [-0.05, 0) is 29.8 Å². The minimum Gasteiger partial charge on any atom is -0.497 e. The monoisotopic (exact) mass is 398 g/mol. The molecule has 0 amide bonds. The lowest BCUT2D eigenvalue weighted by atomic mass is 10.2. The molecule has 0 aliphatic carbocycles. The second kappa shape index (κ2) is 7.03. The molecular formula is C17H13F3N2O4S. The van der Waals surface area contributed by atoms with Crippen molar-refractivity contribution in [1.29, 1.82) is 0 Å². The van der Waals surface area contributed by atoms with E-state index >= 15 is 0 Å². The summed E-state index contributed by atoms with van der Waals surface area (Å²) in [4.78, 5) is 3.21. The largest absolute Gasteiger partial charge is 0.497 e. The molecule has 2 aromatic carbocycles. The van der Waals surface area contributed by atoms with Crippen LogP contribution in [0, 0.1) is 0 Å². The first-order valence-electron chi connectivity index (χ1n) is 7.56. The molecule has 3 aromatic rings. The summed E-state index contributed by atoms with van der Waals surface area (Å²) in [5, 5.41) is 3.26. The molecule has 3 rings (SSSR count). The topological polar surface area (TPSA) is 82.3 Å². The first kappa shape index (κ1) is 18.9. The molecule has 0 aliphatic rings. The van der Waals surface area contributed by atoms with Gasteiger partial charge in [-0.25, -0.2) is 8.42 Å². The van der Waals surface area contributed by atoms with Crippen molar-refractivity contribution in [2.45, 2.75) is 16.8 Å². The highest BCUT2D eigenvalue weighted by atomic mass is 32.2. The Morgan fingerprint density at radius 1 is 1.11 bits per heavy atom. The number of rotatable bonds is 5. The smallest absolute Gasteiger partial charge is 0.471 e. The van der Waals surface area contributed by atoms with Gasteiger partial charge in [-0.15, -0.1) is 0 Å². The van der Waals surface area contributed by atoms with Crippen LogP contribution in [-0.4, -0.2) is 25.7 Å². The van der Waals surface area contributed by atoms with Gasteiger partial charge in [-0.3, -0.25) is 0 Å². The Morgan fingerprint density at radius 3 is 2.41 bits per heavy atom. The summed E-state index contributed by atoms with van der Waals surface area (Å²) in [5.74, 6) is -1.52. The SMILES string of the molecule is COc1ccc(CS(=O)(=O)c2cccc(-c3noc(C(F)(F)F)n3)c2)cc1. The number of methoxy groups -OCH3 is 1. The molecule has 0 spiro atoms. The van der Waals surface area contributed by atoms with Crippen LogP contribution in [0.3, 0.4) is 0 Å². The van der Waals surface area contributed by atoms with Gasteiger partial charge in [-0.1, -0.05) is 29.4 Å². The molecule has 0 atom stereocenters. The average Bonchev–Trinajstić information content (AvgIpc) is 3.13. The maximum Gasteiger partial charge on any atom is 0.471 e. The highest BCUT2D eigenvalue weighted by Gasteiger charge is 2.38. The van der Waals surface area contributed by atoms with Gasteiger partial charge in [-0.2, -0.15) is 18.2 Å². The second-order valence-electron chi connectivity index (χ2n) is 5.56. The molecular weight excluding hydrogens is 385 g/mol. The maximum absolute atomic E-state index is 12.6. The van der Waals surface area contributed by atoms with Crippen molar-refractivity contribution >= 4 is 9.84 Å². The summed E-state index contributed by atoms with van der Waals surface area (Å²) in [6.07, 6.45) is -4.77. The number of aromatic nitrogens is 2. The number of ether oxygens (including phenoxy) is 1. The van der Waals surface area contributed by atoms with Crippen molar-refractivity contribution in [3.63, 3.8) is 0 Å². The van der Waals surface area contributed by atoms with Gasteiger partial charge in [0.15, 0.2) is 9.84 Å². The zero-order valence-electron chi connectivity index (χ0n) is 13.9. The number of halogens is 3. The summed E-state index contributed by atoms with van der Waals surface area (Å²) in [7, 11) is -2.23. The molecule has 0 saturated heterocycles. The first-order valence-corrected chi connectivity index (χ1v) is 9.21. The van der Waals surface area contributed by atoms with Crippen LogP contribution in [0.4, 0.5) is 13.2 Å². The molecule has 0 saturated carbocycles. The highest BCUT2D eigenvalue weighted by molar-refractivity contribution is 7.90. The maximum atomic E-state index is 12.6. The molecule has 0 aliphatic heterocycles. The Hall–Kier alpha value is -2.88. The van der Waals surface area contributed by atoms with E-state index in [4.69, 9.17) is 4.74 Å². The minimum absolute atomic E-state index is 0.0609. The van der Waals surface area contributed by atoms with Crippen LogP contribution in [0.25, 0.3) is 11.4 Å². The Kier molecular flexibility index (Phi) is 4.92. The van der Waals surface area contributed by atoms with Crippen molar-refractivity contribution in [3.05, 3.63) is 60.0 Å². The molecule has 142 valence electrons. The normalized spacial score (nSPS) is 12.1. The van der Waals surface area contributed by atoms with E-state index in [9.17, 15) is 21.6 Å². The van der Waals surface area contributed by atoms with Gasteiger partial charge in [0.25, 0.3) is 0 Å². The van der Waals surface area contributed by atoms with Crippen LogP contribution in [0.2, 0.25) is 0 Å². The summed E-state index contributed by atoms with van der Waals surface area (Å²) in [6.45, 7) is 0. The fourth-order valence-corrected chi connectivity index (χ4v) is 3.70. The molecule has 0 unspecified atom stereocenters. The number of alkyl halides is 3. The van der Waals surface area contributed by atoms with Crippen molar-refractivity contribution in [2.75, 3.05) is 7.11 Å². The number of sulfone groups is 1. The number of hydrogen-bond donors (Lipinski definition) is 0. The van der Waals surface area contributed by atoms with Gasteiger partial charge in [0, 0.05) is 5.56 Å². The fourth-order valence-electron chi connectivity index (χ4n) is 2.31. The van der Waals surface area contributed by atoms with Crippen molar-refractivity contribution in [2.24, 2.45) is 0 Å². The predicted molar refractivity (Wildman–Crippen MR) is 88.6 cm³/mol. The lowest BCUT2D eigenvalue weighted by molar-refractivity contribution is -0.159. The standard InChI is InChI=1S/C17H13F3N2O4S/c1-25-13-7-5-11(6-8-13)10-27(23,24)14-4-2-3-12(9-14)15-21-16(26-22-15)17(18,19)20/h2-9H,10H2,1H3. The summed E-state index contributed by atoms with van der Waals surface area (Å²) in [6, 6.07) is 11.9. The van der Waals surface area contributed by atoms with Crippen LogP contribution in [0.1, 0.15) is 11.5 Å². The zero-order chi connectivity index (χ0) is 19.7. The van der Waals surface area contributed by atoms with Gasteiger partial charge in [0.05, 0.1) is 17.8 Å². The van der Waals surface area contributed by atoms with Crippen molar-refractivity contribution in [3.8, 4) is 17.1 Å². The zero-order valence-corrected chi connectivity index (χ0v) is 14.7. The van der Waals surface area contributed by atoms with Crippen LogP contribution in [0.15, 0.2) is 57.9 Å². The van der Waals surface area contributed by atoms with Crippen LogP contribution in [-0.2, 0) is 21.8 Å². The van der Waals surface area contributed by atoms with Gasteiger partial charge < -0.3 is 9.26 Å².